The van der Waals surface area contributed by atoms with Gasteiger partial charge in [0.1, 0.15) is 29.8 Å². The molecule has 1 aliphatic carbocycles. The standard InChI is InChI=1S/C24H23F3N6O3/c1-12(34)21-16-10-14(28)6-8-17(16)32(31-21)11-20(35)33-15-7-5-13(9-15)22(33)23(36)30-19-4-2-3-18(29-19)24(25,26)27/h2-4,6,8,10,13,15,22H,5,7,9,11,28H2,1H3,(H,29,30,36). The molecule has 2 amide bonds. The molecule has 0 spiro atoms. The molecule has 1 aliphatic heterocycles. The van der Waals surface area contributed by atoms with Crippen molar-refractivity contribution in [3.63, 3.8) is 0 Å². The Hall–Kier alpha value is -3.96. The molecule has 9 nitrogen and oxygen atoms in total. The zero-order valence-electron chi connectivity index (χ0n) is 19.2. The van der Waals surface area contributed by atoms with Crippen LogP contribution in [0.25, 0.3) is 10.9 Å². The fraction of sp³-hybridized carbons (Fsp3) is 0.375. The molecule has 1 saturated carbocycles. The number of amides is 2. The Morgan fingerprint density at radius 3 is 2.67 bits per heavy atom. The molecule has 1 aromatic carbocycles. The largest absolute Gasteiger partial charge is 0.433 e. The number of nitrogens with one attached hydrogen (secondary N) is 1. The van der Waals surface area contributed by atoms with Gasteiger partial charge < -0.3 is 16.0 Å². The van der Waals surface area contributed by atoms with E-state index in [9.17, 15) is 27.6 Å². The second-order valence-corrected chi connectivity index (χ2v) is 9.21. The number of aromatic nitrogens is 3. The van der Waals surface area contributed by atoms with Gasteiger partial charge in [0.15, 0.2) is 5.78 Å². The maximum absolute atomic E-state index is 13.5. The Kier molecular flexibility index (Phi) is 5.68. The molecule has 3 unspecified atom stereocenters. The smallest absolute Gasteiger partial charge is 0.399 e. The predicted molar refractivity (Wildman–Crippen MR) is 124 cm³/mol. The summed E-state index contributed by atoms with van der Waals surface area (Å²) in [5.74, 6) is -1.55. The van der Waals surface area contributed by atoms with Gasteiger partial charge in [-0.05, 0) is 55.5 Å². The lowest BCUT2D eigenvalue weighted by Gasteiger charge is -2.34. The van der Waals surface area contributed by atoms with Crippen LogP contribution in [0.4, 0.5) is 24.7 Å². The van der Waals surface area contributed by atoms with Gasteiger partial charge in [0.2, 0.25) is 11.8 Å². The maximum Gasteiger partial charge on any atom is 0.433 e. The van der Waals surface area contributed by atoms with E-state index < -0.39 is 23.8 Å². The number of hydrogen-bond acceptors (Lipinski definition) is 6. The quantitative estimate of drug-likeness (QED) is 0.410. The van der Waals surface area contributed by atoms with E-state index in [1.54, 1.807) is 18.2 Å². The summed E-state index contributed by atoms with van der Waals surface area (Å²) in [6, 6.07) is 7.21. The van der Waals surface area contributed by atoms with E-state index in [1.807, 2.05) is 0 Å². The lowest BCUT2D eigenvalue weighted by atomic mass is 9.97. The normalized spacial score (nSPS) is 21.2. The predicted octanol–water partition coefficient (Wildman–Crippen LogP) is 3.25. The molecule has 3 heterocycles. The number of likely N-dealkylation sites (tertiary alicyclic amines) is 1. The third kappa shape index (κ3) is 4.16. The highest BCUT2D eigenvalue weighted by Crippen LogP contribution is 2.43. The average molecular weight is 500 g/mol. The van der Waals surface area contributed by atoms with Crippen molar-refractivity contribution in [3.05, 3.63) is 47.8 Å². The summed E-state index contributed by atoms with van der Waals surface area (Å²) in [5.41, 5.74) is 5.94. The number of carbonyl (C=O) groups excluding carboxylic acids is 3. The number of piperidine rings is 1. The molecule has 2 fully saturated rings. The number of nitrogens with two attached hydrogens (primary N) is 1. The van der Waals surface area contributed by atoms with E-state index in [-0.39, 0.29) is 41.7 Å². The second-order valence-electron chi connectivity index (χ2n) is 9.21. The van der Waals surface area contributed by atoms with Crippen LogP contribution in [0.15, 0.2) is 36.4 Å². The van der Waals surface area contributed by atoms with E-state index in [1.165, 1.54) is 22.6 Å². The fourth-order valence-corrected chi connectivity index (χ4v) is 5.33. The summed E-state index contributed by atoms with van der Waals surface area (Å²) in [7, 11) is 0. The Morgan fingerprint density at radius 2 is 1.94 bits per heavy atom. The number of Topliss-reactive ketones (excluding diaryl/α,β-unsaturated/α-hetero) is 1. The molecule has 2 aliphatic rings. The van der Waals surface area contributed by atoms with E-state index in [0.717, 1.165) is 25.0 Å². The third-order valence-corrected chi connectivity index (χ3v) is 6.83. The van der Waals surface area contributed by atoms with Crippen molar-refractivity contribution in [2.45, 2.75) is 51.0 Å². The van der Waals surface area contributed by atoms with Crippen LogP contribution in [-0.4, -0.2) is 49.3 Å². The molecule has 3 N–H and O–H groups in total. The van der Waals surface area contributed by atoms with Gasteiger partial charge >= 0.3 is 6.18 Å². The summed E-state index contributed by atoms with van der Waals surface area (Å²) in [4.78, 5) is 43.7. The van der Waals surface area contributed by atoms with Crippen molar-refractivity contribution >= 4 is 40.0 Å². The van der Waals surface area contributed by atoms with Gasteiger partial charge in [-0.1, -0.05) is 6.07 Å². The molecule has 36 heavy (non-hydrogen) atoms. The van der Waals surface area contributed by atoms with Gasteiger partial charge in [0.05, 0.1) is 5.52 Å². The number of hydrogen-bond donors (Lipinski definition) is 2. The highest BCUT2D eigenvalue weighted by atomic mass is 19.4. The van der Waals surface area contributed by atoms with E-state index in [0.29, 0.717) is 23.0 Å². The van der Waals surface area contributed by atoms with Crippen molar-refractivity contribution < 1.29 is 27.6 Å². The average Bonchev–Trinajstić information content (AvgIpc) is 3.52. The van der Waals surface area contributed by atoms with Crippen LogP contribution in [0.2, 0.25) is 0 Å². The molecular formula is C24H23F3N6O3. The lowest BCUT2D eigenvalue weighted by Crippen LogP contribution is -2.52. The summed E-state index contributed by atoms with van der Waals surface area (Å²) in [6.07, 6.45) is -2.54. The number of alkyl halides is 3. The molecule has 3 atom stereocenters. The number of benzene rings is 1. The van der Waals surface area contributed by atoms with Crippen molar-refractivity contribution in [2.24, 2.45) is 5.92 Å². The van der Waals surface area contributed by atoms with E-state index >= 15 is 0 Å². The van der Waals surface area contributed by atoms with Crippen LogP contribution in [0.1, 0.15) is 42.4 Å². The Balaban J connectivity index is 1.40. The Labute approximate surface area is 203 Å². The van der Waals surface area contributed by atoms with Gasteiger partial charge in [-0.3, -0.25) is 19.1 Å². The fourth-order valence-electron chi connectivity index (χ4n) is 5.33. The van der Waals surface area contributed by atoms with Gasteiger partial charge in [-0.15, -0.1) is 0 Å². The maximum atomic E-state index is 13.5. The van der Waals surface area contributed by atoms with Crippen molar-refractivity contribution in [2.75, 3.05) is 11.1 Å². The molecular weight excluding hydrogens is 477 g/mol. The molecule has 5 rings (SSSR count). The number of halogens is 3. The molecule has 3 aromatic rings. The number of pyridine rings is 1. The third-order valence-electron chi connectivity index (χ3n) is 6.83. The van der Waals surface area contributed by atoms with Crippen molar-refractivity contribution in [1.29, 1.82) is 0 Å². The van der Waals surface area contributed by atoms with Crippen molar-refractivity contribution in [1.82, 2.24) is 19.7 Å². The molecule has 188 valence electrons. The van der Waals surface area contributed by atoms with Gasteiger partial charge in [0, 0.05) is 24.0 Å². The first-order chi connectivity index (χ1) is 17.0. The van der Waals surface area contributed by atoms with E-state index in [4.69, 9.17) is 5.73 Å². The summed E-state index contributed by atoms with van der Waals surface area (Å²) in [6.45, 7) is 1.17. The number of ketones is 1. The minimum atomic E-state index is -4.65. The number of nitrogens with zero attached hydrogens (tertiary/aromatic N) is 4. The summed E-state index contributed by atoms with van der Waals surface area (Å²) < 4.78 is 40.5. The van der Waals surface area contributed by atoms with Gasteiger partial charge in [-0.25, -0.2) is 4.98 Å². The SMILES string of the molecule is CC(=O)c1nn(CC(=O)N2C3CCC(C3)C2C(=O)Nc2cccc(C(F)(F)F)n2)c2ccc(N)cc12. The van der Waals surface area contributed by atoms with Crippen LogP contribution < -0.4 is 11.1 Å². The van der Waals surface area contributed by atoms with Crippen LogP contribution in [-0.2, 0) is 22.3 Å². The van der Waals surface area contributed by atoms with Crippen LogP contribution >= 0.6 is 0 Å². The highest BCUT2D eigenvalue weighted by molar-refractivity contribution is 6.06. The topological polar surface area (TPSA) is 123 Å². The first-order valence-electron chi connectivity index (χ1n) is 11.5. The molecule has 12 heteroatoms. The summed E-state index contributed by atoms with van der Waals surface area (Å²) >= 11 is 0. The van der Waals surface area contributed by atoms with Crippen molar-refractivity contribution in [3.8, 4) is 0 Å². The number of rotatable bonds is 5. The number of anilines is 2. The number of nitrogen functional groups attached to an aromatic ring is 1. The zero-order valence-corrected chi connectivity index (χ0v) is 19.2. The van der Waals surface area contributed by atoms with Gasteiger partial charge in [-0.2, -0.15) is 18.3 Å². The number of carbonyl (C=O) groups is 3. The van der Waals surface area contributed by atoms with Crippen LogP contribution in [0.5, 0.6) is 0 Å². The molecule has 0 radical (unpaired) electrons. The van der Waals surface area contributed by atoms with Gasteiger partial charge in [0.25, 0.3) is 0 Å². The highest BCUT2D eigenvalue weighted by Gasteiger charge is 2.51. The monoisotopic (exact) mass is 500 g/mol. The van der Waals surface area contributed by atoms with Crippen LogP contribution in [0.3, 0.4) is 0 Å². The molecule has 2 aromatic heterocycles. The first kappa shape index (κ1) is 23.8. The minimum Gasteiger partial charge on any atom is -0.399 e. The lowest BCUT2D eigenvalue weighted by molar-refractivity contribution is -0.141. The first-order valence-corrected chi connectivity index (χ1v) is 11.5. The number of fused-ring (bicyclic) bond motifs is 3. The van der Waals surface area contributed by atoms with E-state index in [2.05, 4.69) is 15.4 Å². The Morgan fingerprint density at radius 1 is 1.17 bits per heavy atom. The summed E-state index contributed by atoms with van der Waals surface area (Å²) in [5, 5.41) is 7.31. The van der Waals surface area contributed by atoms with Crippen LogP contribution in [0, 0.1) is 5.92 Å². The minimum absolute atomic E-state index is 0.105. The molecule has 1 saturated heterocycles. The molecule has 2 bridgehead atoms. The second kappa shape index (κ2) is 8.61. The zero-order chi connectivity index (χ0) is 25.8. The Bertz CT molecular complexity index is 1390.